The monoisotopic (exact) mass is 239 g/mol. The van der Waals surface area contributed by atoms with Crippen molar-refractivity contribution in [1.82, 2.24) is 5.32 Å². The van der Waals surface area contributed by atoms with E-state index in [4.69, 9.17) is 0 Å². The number of nitrogens with one attached hydrogen (secondary N) is 1. The highest BCUT2D eigenvalue weighted by Crippen LogP contribution is 2.20. The van der Waals surface area contributed by atoms with Gasteiger partial charge in [-0.1, -0.05) is 13.0 Å². The van der Waals surface area contributed by atoms with Gasteiger partial charge in [0.25, 0.3) is 0 Å². The Bertz CT molecular complexity index is 406. The molecule has 0 aliphatic carbocycles. The standard InChI is InChI=1S/C13H18FNO2/c1-4-9(3)15-12(13(16)17)11-6-5-10(14)7-8(11)2/h5-7,9,12,15H,4H2,1-3H3,(H,16,17). The van der Waals surface area contributed by atoms with Crippen molar-refractivity contribution in [2.45, 2.75) is 39.3 Å². The Balaban J connectivity index is 3.01. The van der Waals surface area contributed by atoms with Gasteiger partial charge >= 0.3 is 5.97 Å². The van der Waals surface area contributed by atoms with Crippen LogP contribution in [-0.4, -0.2) is 17.1 Å². The Hall–Kier alpha value is -1.42. The molecule has 1 rings (SSSR count). The molecule has 1 aromatic rings. The lowest BCUT2D eigenvalue weighted by molar-refractivity contribution is -0.139. The zero-order valence-corrected chi connectivity index (χ0v) is 10.3. The van der Waals surface area contributed by atoms with Crippen LogP contribution in [0.15, 0.2) is 18.2 Å². The van der Waals surface area contributed by atoms with Crippen molar-refractivity contribution < 1.29 is 14.3 Å². The Morgan fingerprint density at radius 3 is 2.65 bits per heavy atom. The van der Waals surface area contributed by atoms with Gasteiger partial charge in [0.05, 0.1) is 0 Å². The summed E-state index contributed by atoms with van der Waals surface area (Å²) in [6, 6.07) is 3.48. The molecule has 0 saturated heterocycles. The van der Waals surface area contributed by atoms with Crippen LogP contribution in [0.5, 0.6) is 0 Å². The average molecular weight is 239 g/mol. The minimum Gasteiger partial charge on any atom is -0.480 e. The molecule has 2 unspecified atom stereocenters. The SMILES string of the molecule is CCC(C)NC(C(=O)O)c1ccc(F)cc1C. The minimum atomic E-state index is -0.944. The Morgan fingerprint density at radius 1 is 1.53 bits per heavy atom. The van der Waals surface area contributed by atoms with E-state index < -0.39 is 12.0 Å². The zero-order valence-electron chi connectivity index (χ0n) is 10.3. The van der Waals surface area contributed by atoms with Crippen molar-refractivity contribution >= 4 is 5.97 Å². The highest BCUT2D eigenvalue weighted by atomic mass is 19.1. The van der Waals surface area contributed by atoms with E-state index in [1.807, 2.05) is 13.8 Å². The molecule has 0 bridgehead atoms. The molecule has 0 radical (unpaired) electrons. The van der Waals surface area contributed by atoms with Crippen molar-refractivity contribution in [3.05, 3.63) is 35.1 Å². The molecule has 0 heterocycles. The number of hydrogen-bond acceptors (Lipinski definition) is 2. The first-order valence-corrected chi connectivity index (χ1v) is 5.70. The van der Waals surface area contributed by atoms with Crippen molar-refractivity contribution in [2.75, 3.05) is 0 Å². The van der Waals surface area contributed by atoms with Crippen LogP contribution in [0.25, 0.3) is 0 Å². The zero-order chi connectivity index (χ0) is 13.0. The van der Waals surface area contributed by atoms with Gasteiger partial charge in [-0.2, -0.15) is 0 Å². The van der Waals surface area contributed by atoms with Crippen molar-refractivity contribution in [3.8, 4) is 0 Å². The summed E-state index contributed by atoms with van der Waals surface area (Å²) in [5, 5.41) is 12.2. The maximum absolute atomic E-state index is 13.0. The highest BCUT2D eigenvalue weighted by molar-refractivity contribution is 5.76. The van der Waals surface area contributed by atoms with Gasteiger partial charge in [0.1, 0.15) is 11.9 Å². The Kier molecular flexibility index (Phi) is 4.63. The molecule has 2 N–H and O–H groups in total. The van der Waals surface area contributed by atoms with Crippen LogP contribution in [0.2, 0.25) is 0 Å². The van der Waals surface area contributed by atoms with Gasteiger partial charge in [0.15, 0.2) is 0 Å². The van der Waals surface area contributed by atoms with E-state index in [-0.39, 0.29) is 11.9 Å². The summed E-state index contributed by atoms with van der Waals surface area (Å²) in [7, 11) is 0. The third-order valence-corrected chi connectivity index (χ3v) is 2.85. The lowest BCUT2D eigenvalue weighted by atomic mass is 10.00. The van der Waals surface area contributed by atoms with E-state index in [1.54, 1.807) is 6.92 Å². The molecule has 1 aromatic carbocycles. The van der Waals surface area contributed by atoms with Crippen LogP contribution in [0, 0.1) is 12.7 Å². The number of halogens is 1. The second-order valence-electron chi connectivity index (χ2n) is 4.25. The lowest BCUT2D eigenvalue weighted by Crippen LogP contribution is -2.35. The van der Waals surface area contributed by atoms with Gasteiger partial charge in [-0.05, 0) is 43.5 Å². The quantitative estimate of drug-likeness (QED) is 0.830. The molecule has 17 heavy (non-hydrogen) atoms. The first kappa shape index (κ1) is 13.6. The molecule has 0 aliphatic rings. The third-order valence-electron chi connectivity index (χ3n) is 2.85. The summed E-state index contributed by atoms with van der Waals surface area (Å²) in [5.74, 6) is -1.29. The second-order valence-corrected chi connectivity index (χ2v) is 4.25. The van der Waals surface area contributed by atoms with E-state index in [0.717, 1.165) is 6.42 Å². The van der Waals surface area contributed by atoms with Gasteiger partial charge < -0.3 is 5.11 Å². The molecular weight excluding hydrogens is 221 g/mol. The summed E-state index contributed by atoms with van der Waals surface area (Å²) >= 11 is 0. The normalized spacial score (nSPS) is 14.4. The molecule has 0 spiro atoms. The first-order chi connectivity index (χ1) is 7.95. The number of aliphatic carboxylic acids is 1. The fourth-order valence-electron chi connectivity index (χ4n) is 1.66. The van der Waals surface area contributed by atoms with Gasteiger partial charge in [-0.15, -0.1) is 0 Å². The number of carboxylic acid groups (broad SMARTS) is 1. The van der Waals surface area contributed by atoms with Crippen LogP contribution in [-0.2, 0) is 4.79 Å². The topological polar surface area (TPSA) is 49.3 Å². The summed E-state index contributed by atoms with van der Waals surface area (Å²) in [4.78, 5) is 11.2. The number of rotatable bonds is 5. The van der Waals surface area contributed by atoms with Crippen LogP contribution < -0.4 is 5.32 Å². The van der Waals surface area contributed by atoms with Gasteiger partial charge in [0.2, 0.25) is 0 Å². The van der Waals surface area contributed by atoms with Crippen molar-refractivity contribution in [3.63, 3.8) is 0 Å². The Labute approximate surface area is 101 Å². The summed E-state index contributed by atoms with van der Waals surface area (Å²) in [5.41, 5.74) is 1.26. The van der Waals surface area contributed by atoms with E-state index in [0.29, 0.717) is 11.1 Å². The number of carboxylic acids is 1. The maximum Gasteiger partial charge on any atom is 0.325 e. The fraction of sp³-hybridized carbons (Fsp3) is 0.462. The number of hydrogen-bond donors (Lipinski definition) is 2. The molecule has 0 fully saturated rings. The number of carbonyl (C=O) groups is 1. The van der Waals surface area contributed by atoms with Crippen LogP contribution in [0.4, 0.5) is 4.39 Å². The van der Waals surface area contributed by atoms with E-state index in [1.165, 1.54) is 18.2 Å². The predicted octanol–water partition coefficient (Wildman–Crippen LogP) is 2.65. The van der Waals surface area contributed by atoms with Gasteiger partial charge in [-0.3, -0.25) is 10.1 Å². The lowest BCUT2D eigenvalue weighted by Gasteiger charge is -2.21. The maximum atomic E-state index is 13.0. The molecule has 0 aromatic heterocycles. The molecular formula is C13H18FNO2. The van der Waals surface area contributed by atoms with Crippen molar-refractivity contribution in [2.24, 2.45) is 0 Å². The molecule has 4 heteroatoms. The molecule has 3 nitrogen and oxygen atoms in total. The summed E-state index contributed by atoms with van der Waals surface area (Å²) < 4.78 is 13.0. The van der Waals surface area contributed by atoms with Gasteiger partial charge in [-0.25, -0.2) is 4.39 Å². The van der Waals surface area contributed by atoms with Crippen LogP contribution in [0.1, 0.15) is 37.4 Å². The molecule has 0 aliphatic heterocycles. The molecule has 2 atom stereocenters. The van der Waals surface area contributed by atoms with E-state index >= 15 is 0 Å². The molecule has 0 saturated carbocycles. The van der Waals surface area contributed by atoms with Crippen LogP contribution >= 0.6 is 0 Å². The predicted molar refractivity (Wildman–Crippen MR) is 64.4 cm³/mol. The van der Waals surface area contributed by atoms with Gasteiger partial charge in [0, 0.05) is 6.04 Å². The first-order valence-electron chi connectivity index (χ1n) is 5.70. The highest BCUT2D eigenvalue weighted by Gasteiger charge is 2.22. The van der Waals surface area contributed by atoms with Crippen LogP contribution in [0.3, 0.4) is 0 Å². The summed E-state index contributed by atoms with van der Waals surface area (Å²) in [6.45, 7) is 5.62. The largest absolute Gasteiger partial charge is 0.480 e. The molecule has 0 amide bonds. The third kappa shape index (κ3) is 3.53. The van der Waals surface area contributed by atoms with Crippen molar-refractivity contribution in [1.29, 1.82) is 0 Å². The molecule has 94 valence electrons. The second kappa shape index (κ2) is 5.77. The number of aryl methyl sites for hydroxylation is 1. The Morgan fingerprint density at radius 2 is 2.18 bits per heavy atom. The smallest absolute Gasteiger partial charge is 0.325 e. The minimum absolute atomic E-state index is 0.0977. The number of benzene rings is 1. The van der Waals surface area contributed by atoms with E-state index in [2.05, 4.69) is 5.32 Å². The average Bonchev–Trinajstić information content (AvgIpc) is 2.26. The van der Waals surface area contributed by atoms with E-state index in [9.17, 15) is 14.3 Å². The fourth-order valence-corrected chi connectivity index (χ4v) is 1.66. The summed E-state index contributed by atoms with van der Waals surface area (Å²) in [6.07, 6.45) is 0.837.